The first kappa shape index (κ1) is 13.2. The minimum Gasteiger partial charge on any atom is -0.365 e. The van der Waals surface area contributed by atoms with E-state index in [2.05, 4.69) is 30.9 Å². The summed E-state index contributed by atoms with van der Waals surface area (Å²) in [7, 11) is 0. The Morgan fingerprint density at radius 2 is 2.10 bits per heavy atom. The van der Waals surface area contributed by atoms with E-state index in [1.165, 1.54) is 12.1 Å². The number of halogens is 2. The summed E-state index contributed by atoms with van der Waals surface area (Å²) in [5.41, 5.74) is 3.13. The molecule has 0 unspecified atom stereocenters. The molecule has 3 rings (SSSR count). The fraction of sp³-hybridized carbons (Fsp3) is 0.0833. The molecule has 0 fully saturated rings. The molecule has 1 aromatic carbocycles. The number of nitrogen functional groups attached to an aromatic ring is 1. The number of hydrogen-bond acceptors (Lipinski definition) is 6. The van der Waals surface area contributed by atoms with Crippen molar-refractivity contribution in [3.8, 4) is 0 Å². The first-order chi connectivity index (χ1) is 10.2. The smallest absolute Gasteiger partial charge is 0.241 e. The van der Waals surface area contributed by atoms with E-state index in [1.54, 1.807) is 6.20 Å². The van der Waals surface area contributed by atoms with Gasteiger partial charge < -0.3 is 5.32 Å². The number of benzene rings is 1. The van der Waals surface area contributed by atoms with Crippen molar-refractivity contribution in [1.82, 2.24) is 20.2 Å². The van der Waals surface area contributed by atoms with E-state index >= 15 is 0 Å². The third kappa shape index (κ3) is 2.58. The molecule has 0 saturated heterocycles. The average molecular weight is 291 g/mol. The van der Waals surface area contributed by atoms with Crippen molar-refractivity contribution >= 4 is 22.8 Å². The molecule has 108 valence electrons. The zero-order valence-corrected chi connectivity index (χ0v) is 10.7. The summed E-state index contributed by atoms with van der Waals surface area (Å²) >= 11 is 0. The van der Waals surface area contributed by atoms with Crippen molar-refractivity contribution in [2.45, 2.75) is 6.54 Å². The van der Waals surface area contributed by atoms with Crippen LogP contribution in [0.4, 0.5) is 20.5 Å². The van der Waals surface area contributed by atoms with Crippen LogP contribution in [0.3, 0.4) is 0 Å². The number of nitrogens with two attached hydrogens (primary N) is 1. The van der Waals surface area contributed by atoms with Gasteiger partial charge in [0, 0.05) is 18.2 Å². The predicted octanol–water partition coefficient (Wildman–Crippen LogP) is 1.53. The third-order valence-corrected chi connectivity index (χ3v) is 2.90. The molecule has 5 N–H and O–H groups in total. The Balaban J connectivity index is 1.89. The summed E-state index contributed by atoms with van der Waals surface area (Å²) in [5, 5.41) is 10.1. The molecule has 3 aromatic rings. The Morgan fingerprint density at radius 1 is 1.24 bits per heavy atom. The maximum Gasteiger partial charge on any atom is 0.241 e. The fourth-order valence-corrected chi connectivity index (χ4v) is 1.88. The lowest BCUT2D eigenvalue weighted by molar-refractivity contribution is 0.574. The molecular weight excluding hydrogens is 280 g/mol. The van der Waals surface area contributed by atoms with Crippen molar-refractivity contribution in [3.05, 3.63) is 41.6 Å². The van der Waals surface area contributed by atoms with Crippen molar-refractivity contribution in [1.29, 1.82) is 0 Å². The van der Waals surface area contributed by atoms with Gasteiger partial charge in [0.15, 0.2) is 5.65 Å². The number of aromatic nitrogens is 4. The second-order valence-corrected chi connectivity index (χ2v) is 4.26. The van der Waals surface area contributed by atoms with Crippen LogP contribution in [0, 0.1) is 11.6 Å². The number of hydrogen-bond donors (Lipinski definition) is 4. The van der Waals surface area contributed by atoms with E-state index in [0.717, 1.165) is 6.07 Å². The molecule has 0 aliphatic carbocycles. The highest BCUT2D eigenvalue weighted by Crippen LogP contribution is 2.20. The summed E-state index contributed by atoms with van der Waals surface area (Å²) in [4.78, 5) is 8.21. The van der Waals surface area contributed by atoms with Gasteiger partial charge in [-0.3, -0.25) is 10.5 Å². The quantitative estimate of drug-likeness (QED) is 0.429. The van der Waals surface area contributed by atoms with Gasteiger partial charge in [-0.1, -0.05) is 6.07 Å². The van der Waals surface area contributed by atoms with Crippen LogP contribution in [0.25, 0.3) is 11.0 Å². The molecular formula is C12H11F2N7. The minimum absolute atomic E-state index is 0.132. The van der Waals surface area contributed by atoms with Gasteiger partial charge in [-0.15, -0.1) is 0 Å². The lowest BCUT2D eigenvalue weighted by Gasteiger charge is -2.09. The molecule has 0 bridgehead atoms. The number of rotatable bonds is 4. The minimum atomic E-state index is -0.628. The Labute approximate surface area is 117 Å². The summed E-state index contributed by atoms with van der Waals surface area (Å²) in [5.74, 6) is 4.66. The van der Waals surface area contributed by atoms with Gasteiger partial charge in [-0.2, -0.15) is 15.1 Å². The SMILES string of the molecule is NNc1nc(NCc2ccc(F)cc2F)c2cn[nH]c2n1. The number of H-pyrrole nitrogens is 1. The van der Waals surface area contributed by atoms with E-state index in [1.807, 2.05) is 0 Å². The zero-order chi connectivity index (χ0) is 14.8. The fourth-order valence-electron chi connectivity index (χ4n) is 1.88. The predicted molar refractivity (Wildman–Crippen MR) is 73.2 cm³/mol. The van der Waals surface area contributed by atoms with Gasteiger partial charge in [-0.25, -0.2) is 14.6 Å². The van der Waals surface area contributed by atoms with E-state index in [-0.39, 0.29) is 12.5 Å². The average Bonchev–Trinajstić information content (AvgIpc) is 2.94. The second kappa shape index (κ2) is 5.29. The topological polar surface area (TPSA) is 105 Å². The van der Waals surface area contributed by atoms with Crippen LogP contribution >= 0.6 is 0 Å². The molecule has 0 aliphatic heterocycles. The van der Waals surface area contributed by atoms with Gasteiger partial charge in [0.25, 0.3) is 0 Å². The molecule has 9 heteroatoms. The molecule has 2 heterocycles. The lowest BCUT2D eigenvalue weighted by Crippen LogP contribution is -2.12. The Morgan fingerprint density at radius 3 is 2.86 bits per heavy atom. The highest BCUT2D eigenvalue weighted by atomic mass is 19.1. The maximum atomic E-state index is 13.6. The van der Waals surface area contributed by atoms with Gasteiger partial charge in [-0.05, 0) is 6.07 Å². The zero-order valence-electron chi connectivity index (χ0n) is 10.7. The van der Waals surface area contributed by atoms with Gasteiger partial charge in [0.1, 0.15) is 17.5 Å². The van der Waals surface area contributed by atoms with Crippen LogP contribution in [0.15, 0.2) is 24.4 Å². The largest absolute Gasteiger partial charge is 0.365 e. The Kier molecular flexibility index (Phi) is 3.32. The molecule has 21 heavy (non-hydrogen) atoms. The number of fused-ring (bicyclic) bond motifs is 1. The van der Waals surface area contributed by atoms with Crippen molar-refractivity contribution in [2.24, 2.45) is 5.84 Å². The number of hydrazine groups is 1. The third-order valence-electron chi connectivity index (χ3n) is 2.90. The van der Waals surface area contributed by atoms with Crippen molar-refractivity contribution in [3.63, 3.8) is 0 Å². The summed E-state index contributed by atoms with van der Waals surface area (Å²) in [6.07, 6.45) is 1.54. The molecule has 0 radical (unpaired) electrons. The summed E-state index contributed by atoms with van der Waals surface area (Å²) in [6.45, 7) is 0.132. The molecule has 0 atom stereocenters. The van der Waals surface area contributed by atoms with Crippen molar-refractivity contribution in [2.75, 3.05) is 10.7 Å². The monoisotopic (exact) mass is 291 g/mol. The summed E-state index contributed by atoms with van der Waals surface area (Å²) in [6, 6.07) is 3.39. The Bertz CT molecular complexity index is 786. The van der Waals surface area contributed by atoms with Crippen LogP contribution < -0.4 is 16.6 Å². The summed E-state index contributed by atoms with van der Waals surface area (Å²) < 4.78 is 26.4. The first-order valence-electron chi connectivity index (χ1n) is 6.03. The van der Waals surface area contributed by atoms with Crippen molar-refractivity contribution < 1.29 is 8.78 Å². The molecule has 7 nitrogen and oxygen atoms in total. The normalized spacial score (nSPS) is 10.8. The number of nitrogens with one attached hydrogen (secondary N) is 3. The van der Waals surface area contributed by atoms with E-state index in [9.17, 15) is 8.78 Å². The van der Waals surface area contributed by atoms with E-state index in [0.29, 0.717) is 22.4 Å². The molecule has 0 amide bonds. The van der Waals surface area contributed by atoms with E-state index in [4.69, 9.17) is 5.84 Å². The maximum absolute atomic E-state index is 13.6. The van der Waals surface area contributed by atoms with Gasteiger partial charge in [0.2, 0.25) is 5.95 Å². The van der Waals surface area contributed by atoms with Crippen LogP contribution in [0.5, 0.6) is 0 Å². The van der Waals surface area contributed by atoms with Crippen LogP contribution in [0.2, 0.25) is 0 Å². The molecule has 0 spiro atoms. The molecule has 0 saturated carbocycles. The number of nitrogens with zero attached hydrogens (tertiary/aromatic N) is 3. The van der Waals surface area contributed by atoms with Crippen LogP contribution in [-0.4, -0.2) is 20.2 Å². The van der Waals surface area contributed by atoms with Crippen LogP contribution in [0.1, 0.15) is 5.56 Å². The highest BCUT2D eigenvalue weighted by molar-refractivity contribution is 5.86. The molecule has 0 aliphatic rings. The second-order valence-electron chi connectivity index (χ2n) is 4.26. The van der Waals surface area contributed by atoms with Crippen LogP contribution in [-0.2, 0) is 6.54 Å². The molecule has 2 aromatic heterocycles. The van der Waals surface area contributed by atoms with Gasteiger partial charge >= 0.3 is 0 Å². The number of anilines is 2. The Hall–Kier alpha value is -2.81. The highest BCUT2D eigenvalue weighted by Gasteiger charge is 2.10. The lowest BCUT2D eigenvalue weighted by atomic mass is 10.2. The van der Waals surface area contributed by atoms with Gasteiger partial charge in [0.05, 0.1) is 11.6 Å². The first-order valence-corrected chi connectivity index (χ1v) is 6.03. The number of aromatic amines is 1. The standard InChI is InChI=1S/C12H11F2N7/c13-7-2-1-6(9(14)3-7)4-16-10-8-5-17-21-11(8)19-12(18-10)20-15/h1-3,5H,4,15H2,(H3,16,17,18,19,20,21). The van der Waals surface area contributed by atoms with E-state index < -0.39 is 11.6 Å².